The molecule has 28 heavy (non-hydrogen) atoms. The van der Waals surface area contributed by atoms with Crippen molar-refractivity contribution in [3.8, 4) is 17.0 Å². The molecule has 0 fully saturated rings. The number of benzene rings is 2. The van der Waals surface area contributed by atoms with E-state index in [2.05, 4.69) is 20.3 Å². The number of methoxy groups -OCH3 is 2. The predicted octanol–water partition coefficient (Wildman–Crippen LogP) is 4.16. The van der Waals surface area contributed by atoms with E-state index in [1.54, 1.807) is 25.3 Å². The monoisotopic (exact) mass is 374 g/mol. The van der Waals surface area contributed by atoms with Gasteiger partial charge in [-0.05, 0) is 54.1 Å². The van der Waals surface area contributed by atoms with Crippen molar-refractivity contribution >= 4 is 28.5 Å². The fourth-order valence-electron chi connectivity index (χ4n) is 2.94. The van der Waals surface area contributed by atoms with Crippen LogP contribution in [-0.4, -0.2) is 35.1 Å². The third kappa shape index (κ3) is 3.37. The molecule has 0 radical (unpaired) electrons. The van der Waals surface area contributed by atoms with Crippen LogP contribution in [0.5, 0.6) is 5.75 Å². The van der Waals surface area contributed by atoms with Crippen LogP contribution in [-0.2, 0) is 4.74 Å². The van der Waals surface area contributed by atoms with E-state index in [4.69, 9.17) is 9.47 Å². The topological polar surface area (TPSA) is 89.1 Å². The minimum Gasteiger partial charge on any atom is -0.497 e. The molecule has 0 amide bonds. The molecule has 2 aromatic heterocycles. The zero-order valence-corrected chi connectivity index (χ0v) is 15.4. The summed E-state index contributed by atoms with van der Waals surface area (Å²) in [5.74, 6) is 1.05. The van der Waals surface area contributed by atoms with Crippen molar-refractivity contribution < 1.29 is 14.3 Å². The van der Waals surface area contributed by atoms with Crippen LogP contribution in [0.4, 0.5) is 11.5 Å². The largest absolute Gasteiger partial charge is 0.497 e. The van der Waals surface area contributed by atoms with Crippen LogP contribution in [0, 0.1) is 0 Å². The third-order valence-corrected chi connectivity index (χ3v) is 4.37. The second kappa shape index (κ2) is 7.40. The first-order valence-corrected chi connectivity index (χ1v) is 8.61. The number of ether oxygens (including phenoxy) is 2. The molecule has 0 bridgehead atoms. The molecule has 0 aliphatic rings. The number of carbonyl (C=O) groups is 1. The first kappa shape index (κ1) is 17.5. The Labute approximate surface area is 161 Å². The number of hydrogen-bond donors (Lipinski definition) is 2. The van der Waals surface area contributed by atoms with Gasteiger partial charge in [0.2, 0.25) is 0 Å². The number of hydrogen-bond acceptors (Lipinski definition) is 6. The number of aromatic amines is 1. The molecule has 4 aromatic rings. The number of nitrogens with one attached hydrogen (secondary N) is 2. The summed E-state index contributed by atoms with van der Waals surface area (Å²) >= 11 is 0. The van der Waals surface area contributed by atoms with Crippen molar-refractivity contribution in [2.24, 2.45) is 0 Å². The fourth-order valence-corrected chi connectivity index (χ4v) is 2.94. The fraction of sp³-hybridized carbons (Fsp3) is 0.0952. The van der Waals surface area contributed by atoms with Crippen molar-refractivity contribution in [3.05, 3.63) is 66.5 Å². The van der Waals surface area contributed by atoms with E-state index in [0.717, 1.165) is 28.1 Å². The lowest BCUT2D eigenvalue weighted by Crippen LogP contribution is -2.02. The summed E-state index contributed by atoms with van der Waals surface area (Å²) in [5.41, 5.74) is 3.84. The highest BCUT2D eigenvalue weighted by Gasteiger charge is 2.11. The summed E-state index contributed by atoms with van der Waals surface area (Å²) in [6.45, 7) is 0. The van der Waals surface area contributed by atoms with Gasteiger partial charge in [-0.15, -0.1) is 0 Å². The standard InChI is InChI=1S/C21H18N4O3/c1-27-16-8-6-13(7-9-16)18-11-17-19(22-12-23-20(17)25-18)24-15-5-3-4-14(10-15)21(26)28-2/h3-12H,1-2H3,(H2,22,23,24,25). The molecular weight excluding hydrogens is 356 g/mol. The minimum absolute atomic E-state index is 0.389. The van der Waals surface area contributed by atoms with E-state index in [0.29, 0.717) is 17.0 Å². The van der Waals surface area contributed by atoms with E-state index < -0.39 is 0 Å². The van der Waals surface area contributed by atoms with Gasteiger partial charge in [-0.25, -0.2) is 14.8 Å². The van der Waals surface area contributed by atoms with Gasteiger partial charge in [-0.2, -0.15) is 0 Å². The van der Waals surface area contributed by atoms with E-state index in [1.165, 1.54) is 13.4 Å². The average Bonchev–Trinajstić information content (AvgIpc) is 3.19. The van der Waals surface area contributed by atoms with Gasteiger partial charge in [0.25, 0.3) is 0 Å². The molecule has 4 rings (SSSR count). The predicted molar refractivity (Wildman–Crippen MR) is 107 cm³/mol. The number of nitrogens with zero attached hydrogens (tertiary/aromatic N) is 2. The maximum atomic E-state index is 11.7. The maximum absolute atomic E-state index is 11.7. The highest BCUT2D eigenvalue weighted by atomic mass is 16.5. The number of carbonyl (C=O) groups excluding carboxylic acids is 1. The molecule has 0 atom stereocenters. The van der Waals surface area contributed by atoms with Crippen LogP contribution in [0.1, 0.15) is 10.4 Å². The van der Waals surface area contributed by atoms with Crippen molar-refractivity contribution in [1.29, 1.82) is 0 Å². The Morgan fingerprint density at radius 1 is 1.04 bits per heavy atom. The van der Waals surface area contributed by atoms with Gasteiger partial charge in [-0.1, -0.05) is 6.07 Å². The van der Waals surface area contributed by atoms with Crippen LogP contribution >= 0.6 is 0 Å². The van der Waals surface area contributed by atoms with Crippen molar-refractivity contribution in [3.63, 3.8) is 0 Å². The minimum atomic E-state index is -0.389. The number of fused-ring (bicyclic) bond motifs is 1. The molecule has 0 saturated heterocycles. The second-order valence-corrected chi connectivity index (χ2v) is 6.09. The van der Waals surface area contributed by atoms with Crippen LogP contribution in [0.25, 0.3) is 22.3 Å². The Bertz CT molecular complexity index is 1140. The molecular formula is C21H18N4O3. The Kier molecular flexibility index (Phi) is 4.63. The summed E-state index contributed by atoms with van der Waals surface area (Å²) in [4.78, 5) is 23.7. The second-order valence-electron chi connectivity index (χ2n) is 6.09. The molecule has 0 aliphatic heterocycles. The lowest BCUT2D eigenvalue weighted by atomic mass is 10.1. The first-order valence-electron chi connectivity index (χ1n) is 8.61. The Hall–Kier alpha value is -3.87. The zero-order valence-electron chi connectivity index (χ0n) is 15.4. The van der Waals surface area contributed by atoms with E-state index in [1.807, 2.05) is 36.4 Å². The Balaban J connectivity index is 1.68. The van der Waals surface area contributed by atoms with Gasteiger partial charge in [0.15, 0.2) is 0 Å². The van der Waals surface area contributed by atoms with E-state index >= 15 is 0 Å². The lowest BCUT2D eigenvalue weighted by molar-refractivity contribution is 0.0601. The molecule has 2 N–H and O–H groups in total. The van der Waals surface area contributed by atoms with E-state index in [9.17, 15) is 4.79 Å². The highest BCUT2D eigenvalue weighted by molar-refractivity contribution is 5.94. The van der Waals surface area contributed by atoms with E-state index in [-0.39, 0.29) is 5.97 Å². The summed E-state index contributed by atoms with van der Waals surface area (Å²) in [6, 6.07) is 16.8. The lowest BCUT2D eigenvalue weighted by Gasteiger charge is -2.07. The van der Waals surface area contributed by atoms with Gasteiger partial charge >= 0.3 is 5.97 Å². The van der Waals surface area contributed by atoms with Crippen molar-refractivity contribution in [2.45, 2.75) is 0 Å². The highest BCUT2D eigenvalue weighted by Crippen LogP contribution is 2.29. The molecule has 140 valence electrons. The molecule has 2 aromatic carbocycles. The van der Waals surface area contributed by atoms with Gasteiger partial charge < -0.3 is 19.8 Å². The number of aromatic nitrogens is 3. The quantitative estimate of drug-likeness (QED) is 0.510. The normalized spacial score (nSPS) is 10.6. The Morgan fingerprint density at radius 2 is 1.86 bits per heavy atom. The molecule has 0 unspecified atom stereocenters. The SMILES string of the molecule is COC(=O)c1cccc(Nc2ncnc3[nH]c(-c4ccc(OC)cc4)cc23)c1. The maximum Gasteiger partial charge on any atom is 0.337 e. The molecule has 7 heteroatoms. The number of anilines is 2. The summed E-state index contributed by atoms with van der Waals surface area (Å²) in [6.07, 6.45) is 1.49. The van der Waals surface area contributed by atoms with Crippen molar-refractivity contribution in [1.82, 2.24) is 15.0 Å². The Morgan fingerprint density at radius 3 is 2.61 bits per heavy atom. The third-order valence-electron chi connectivity index (χ3n) is 4.37. The smallest absolute Gasteiger partial charge is 0.337 e. The van der Waals surface area contributed by atoms with Gasteiger partial charge in [-0.3, -0.25) is 0 Å². The van der Waals surface area contributed by atoms with Gasteiger partial charge in [0.05, 0.1) is 25.2 Å². The van der Waals surface area contributed by atoms with Crippen LogP contribution in [0.3, 0.4) is 0 Å². The van der Waals surface area contributed by atoms with Crippen LogP contribution < -0.4 is 10.1 Å². The molecule has 0 aliphatic carbocycles. The van der Waals surface area contributed by atoms with Gasteiger partial charge in [0, 0.05) is 11.4 Å². The van der Waals surface area contributed by atoms with Gasteiger partial charge in [0.1, 0.15) is 23.5 Å². The molecule has 0 spiro atoms. The van der Waals surface area contributed by atoms with Crippen LogP contribution in [0.15, 0.2) is 60.9 Å². The number of esters is 1. The molecule has 2 heterocycles. The first-order chi connectivity index (χ1) is 13.7. The number of rotatable bonds is 5. The summed E-state index contributed by atoms with van der Waals surface area (Å²) < 4.78 is 9.98. The summed E-state index contributed by atoms with van der Waals surface area (Å²) in [7, 11) is 3.00. The van der Waals surface area contributed by atoms with Crippen molar-refractivity contribution in [2.75, 3.05) is 19.5 Å². The zero-order chi connectivity index (χ0) is 19.5. The molecule has 0 saturated carbocycles. The summed E-state index contributed by atoms with van der Waals surface area (Å²) in [5, 5.41) is 4.09. The molecule has 7 nitrogen and oxygen atoms in total. The average molecular weight is 374 g/mol. The number of H-pyrrole nitrogens is 1. The van der Waals surface area contributed by atoms with Crippen LogP contribution in [0.2, 0.25) is 0 Å².